The Labute approximate surface area is 105 Å². The number of hydrogen-bond acceptors (Lipinski definition) is 3. The van der Waals surface area contributed by atoms with E-state index in [4.69, 9.17) is 5.26 Å². The minimum atomic E-state index is 0.0576. The van der Waals surface area contributed by atoms with Gasteiger partial charge in [-0.15, -0.1) is 0 Å². The first-order chi connectivity index (χ1) is 8.79. The van der Waals surface area contributed by atoms with Gasteiger partial charge in [0, 0.05) is 11.9 Å². The van der Waals surface area contributed by atoms with E-state index in [2.05, 4.69) is 9.55 Å². The minimum absolute atomic E-state index is 0.0576. The molecule has 0 aliphatic carbocycles. The quantitative estimate of drug-likeness (QED) is 0.831. The van der Waals surface area contributed by atoms with E-state index in [0.29, 0.717) is 5.56 Å². The number of aromatic nitrogens is 2. The van der Waals surface area contributed by atoms with Gasteiger partial charge >= 0.3 is 0 Å². The molecule has 1 aromatic carbocycles. The van der Waals surface area contributed by atoms with Crippen LogP contribution in [0.2, 0.25) is 0 Å². The maximum Gasteiger partial charge on any atom is 0.133 e. The Hall–Kier alpha value is -2.28. The van der Waals surface area contributed by atoms with Crippen molar-refractivity contribution in [3.8, 4) is 11.8 Å². The highest BCUT2D eigenvalue weighted by molar-refractivity contribution is 5.45. The van der Waals surface area contributed by atoms with E-state index in [9.17, 15) is 5.11 Å². The van der Waals surface area contributed by atoms with Crippen molar-refractivity contribution in [2.24, 2.45) is 0 Å². The Morgan fingerprint density at radius 2 is 2.33 bits per heavy atom. The Morgan fingerprint density at radius 3 is 3.11 bits per heavy atom. The van der Waals surface area contributed by atoms with Gasteiger partial charge in [-0.3, -0.25) is 0 Å². The van der Waals surface area contributed by atoms with Gasteiger partial charge in [-0.25, -0.2) is 4.98 Å². The summed E-state index contributed by atoms with van der Waals surface area (Å²) in [5.74, 6) is 0.0576. The first-order valence-corrected chi connectivity index (χ1v) is 6.03. The molecule has 0 saturated heterocycles. The van der Waals surface area contributed by atoms with Crippen LogP contribution < -0.4 is 0 Å². The zero-order chi connectivity index (χ0) is 12.5. The SMILES string of the molecule is N#Cc1ccc(C2CCCc3cncn32)cc1O. The smallest absolute Gasteiger partial charge is 0.133 e. The molecule has 0 bridgehead atoms. The molecule has 0 saturated carbocycles. The Morgan fingerprint density at radius 1 is 1.44 bits per heavy atom. The topological polar surface area (TPSA) is 61.8 Å². The molecule has 1 aliphatic heterocycles. The van der Waals surface area contributed by atoms with Crippen molar-refractivity contribution in [3.05, 3.63) is 47.5 Å². The monoisotopic (exact) mass is 239 g/mol. The summed E-state index contributed by atoms with van der Waals surface area (Å²) in [6, 6.07) is 7.47. The van der Waals surface area contributed by atoms with Crippen molar-refractivity contribution in [3.63, 3.8) is 0 Å². The van der Waals surface area contributed by atoms with Crippen LogP contribution in [0, 0.1) is 11.3 Å². The Bertz CT molecular complexity index is 624. The number of benzene rings is 1. The molecule has 2 heterocycles. The number of fused-ring (bicyclic) bond motifs is 1. The second-order valence-electron chi connectivity index (χ2n) is 4.59. The fourth-order valence-electron chi connectivity index (χ4n) is 2.60. The molecule has 18 heavy (non-hydrogen) atoms. The second-order valence-corrected chi connectivity index (χ2v) is 4.59. The van der Waals surface area contributed by atoms with Crippen LogP contribution in [0.4, 0.5) is 0 Å². The second kappa shape index (κ2) is 4.19. The third-order valence-corrected chi connectivity index (χ3v) is 3.52. The summed E-state index contributed by atoms with van der Waals surface area (Å²) >= 11 is 0. The molecule has 1 unspecified atom stereocenters. The van der Waals surface area contributed by atoms with E-state index >= 15 is 0 Å². The number of nitriles is 1. The first kappa shape index (κ1) is 10.8. The zero-order valence-electron chi connectivity index (χ0n) is 9.87. The van der Waals surface area contributed by atoms with Gasteiger partial charge in [0.1, 0.15) is 11.8 Å². The largest absolute Gasteiger partial charge is 0.507 e. The molecule has 3 rings (SSSR count). The standard InChI is InChI=1S/C14H13N3O/c15-7-11-5-4-10(6-14(11)18)13-3-1-2-12-8-16-9-17(12)13/h4-6,8-9,13,18H,1-3H2. The van der Waals surface area contributed by atoms with Crippen molar-refractivity contribution in [1.29, 1.82) is 5.26 Å². The van der Waals surface area contributed by atoms with Crippen LogP contribution in [-0.4, -0.2) is 14.7 Å². The summed E-state index contributed by atoms with van der Waals surface area (Å²) in [5.41, 5.74) is 2.58. The van der Waals surface area contributed by atoms with Gasteiger partial charge in [0.25, 0.3) is 0 Å². The van der Waals surface area contributed by atoms with Crippen LogP contribution in [0.5, 0.6) is 5.75 Å². The number of nitrogens with zero attached hydrogens (tertiary/aromatic N) is 3. The van der Waals surface area contributed by atoms with Crippen LogP contribution in [0.25, 0.3) is 0 Å². The molecule has 0 amide bonds. The van der Waals surface area contributed by atoms with E-state index in [0.717, 1.165) is 24.8 Å². The summed E-state index contributed by atoms with van der Waals surface area (Å²) in [4.78, 5) is 4.18. The van der Waals surface area contributed by atoms with Crippen molar-refractivity contribution >= 4 is 0 Å². The summed E-state index contributed by atoms with van der Waals surface area (Å²) in [7, 11) is 0. The van der Waals surface area contributed by atoms with Gasteiger partial charge in [-0.2, -0.15) is 5.26 Å². The number of phenolic OH excluding ortho intramolecular Hbond substituents is 1. The molecule has 1 aliphatic rings. The van der Waals surface area contributed by atoms with Crippen molar-refractivity contribution in [1.82, 2.24) is 9.55 Å². The van der Waals surface area contributed by atoms with Crippen LogP contribution in [-0.2, 0) is 6.42 Å². The first-order valence-electron chi connectivity index (χ1n) is 6.03. The highest BCUT2D eigenvalue weighted by atomic mass is 16.3. The summed E-state index contributed by atoms with van der Waals surface area (Å²) in [6.45, 7) is 0. The molecule has 90 valence electrons. The maximum atomic E-state index is 9.77. The maximum absolute atomic E-state index is 9.77. The molecule has 4 nitrogen and oxygen atoms in total. The number of rotatable bonds is 1. The Kier molecular flexibility index (Phi) is 2.52. The highest BCUT2D eigenvalue weighted by Crippen LogP contribution is 2.32. The summed E-state index contributed by atoms with van der Waals surface area (Å²) in [5, 5.41) is 18.6. The lowest BCUT2D eigenvalue weighted by atomic mass is 9.95. The van der Waals surface area contributed by atoms with Gasteiger partial charge in [0.05, 0.1) is 17.9 Å². The summed E-state index contributed by atoms with van der Waals surface area (Å²) < 4.78 is 2.16. The normalized spacial score (nSPS) is 18.1. The third kappa shape index (κ3) is 1.65. The number of hydrogen-bond donors (Lipinski definition) is 1. The summed E-state index contributed by atoms with van der Waals surface area (Å²) in [6.07, 6.45) is 6.95. The average Bonchev–Trinajstić information content (AvgIpc) is 2.86. The van der Waals surface area contributed by atoms with Gasteiger partial charge in [0.2, 0.25) is 0 Å². The van der Waals surface area contributed by atoms with E-state index in [1.165, 1.54) is 5.69 Å². The molecule has 0 fully saturated rings. The lowest BCUT2D eigenvalue weighted by Gasteiger charge is -2.26. The molecule has 1 N–H and O–H groups in total. The van der Waals surface area contributed by atoms with Crippen molar-refractivity contribution in [2.45, 2.75) is 25.3 Å². The molecular weight excluding hydrogens is 226 g/mol. The predicted molar refractivity (Wildman–Crippen MR) is 66.1 cm³/mol. The van der Waals surface area contributed by atoms with E-state index in [1.54, 1.807) is 12.1 Å². The van der Waals surface area contributed by atoms with Gasteiger partial charge in [-0.1, -0.05) is 6.07 Å². The van der Waals surface area contributed by atoms with Crippen molar-refractivity contribution in [2.75, 3.05) is 0 Å². The number of aryl methyl sites for hydroxylation is 1. The lowest BCUT2D eigenvalue weighted by Crippen LogP contribution is -2.17. The minimum Gasteiger partial charge on any atom is -0.507 e. The molecule has 1 atom stereocenters. The zero-order valence-corrected chi connectivity index (χ0v) is 9.87. The van der Waals surface area contributed by atoms with Crippen LogP contribution in [0.1, 0.15) is 35.7 Å². The number of imidazole rings is 1. The molecule has 2 aromatic rings. The predicted octanol–water partition coefficient (Wildman–Crippen LogP) is 2.39. The molecule has 1 aromatic heterocycles. The van der Waals surface area contributed by atoms with Crippen LogP contribution in [0.15, 0.2) is 30.7 Å². The fraction of sp³-hybridized carbons (Fsp3) is 0.286. The van der Waals surface area contributed by atoms with Crippen LogP contribution in [0.3, 0.4) is 0 Å². The van der Waals surface area contributed by atoms with Gasteiger partial charge in [0.15, 0.2) is 0 Å². The highest BCUT2D eigenvalue weighted by Gasteiger charge is 2.21. The fourth-order valence-corrected chi connectivity index (χ4v) is 2.60. The van der Waals surface area contributed by atoms with Crippen molar-refractivity contribution < 1.29 is 5.11 Å². The van der Waals surface area contributed by atoms with Gasteiger partial charge in [-0.05, 0) is 37.0 Å². The lowest BCUT2D eigenvalue weighted by molar-refractivity contribution is 0.447. The average molecular weight is 239 g/mol. The molecule has 4 heteroatoms. The molecular formula is C14H13N3O. The number of aromatic hydroxyl groups is 1. The third-order valence-electron chi connectivity index (χ3n) is 3.52. The van der Waals surface area contributed by atoms with E-state index in [-0.39, 0.29) is 11.8 Å². The van der Waals surface area contributed by atoms with Gasteiger partial charge < -0.3 is 9.67 Å². The molecule has 0 radical (unpaired) electrons. The van der Waals surface area contributed by atoms with E-state index < -0.39 is 0 Å². The Balaban J connectivity index is 2.03. The molecule has 0 spiro atoms. The number of phenols is 1. The van der Waals surface area contributed by atoms with Crippen LogP contribution >= 0.6 is 0 Å². The van der Waals surface area contributed by atoms with E-state index in [1.807, 2.05) is 24.7 Å².